The molecule has 10 heteroatoms. The Labute approximate surface area is 214 Å². The first-order valence-corrected chi connectivity index (χ1v) is 13.3. The Morgan fingerprint density at radius 3 is 2.44 bits per heavy atom. The van der Waals surface area contributed by atoms with Gasteiger partial charge in [0, 0.05) is 5.02 Å². The normalized spacial score (nSPS) is 17.5. The zero-order valence-corrected chi connectivity index (χ0v) is 21.3. The number of rotatable bonds is 5. The van der Waals surface area contributed by atoms with Gasteiger partial charge in [-0.05, 0) is 61.9 Å². The number of nitrogens with one attached hydrogen (secondary N) is 1. The molecule has 0 aromatic heterocycles. The molecule has 1 N–H and O–H groups in total. The number of amides is 1. The van der Waals surface area contributed by atoms with Crippen molar-refractivity contribution < 1.29 is 27.4 Å². The Kier molecular flexibility index (Phi) is 6.44. The molecule has 1 amide bonds. The first-order valence-electron chi connectivity index (χ1n) is 11.5. The Balaban J connectivity index is 1.41. The van der Waals surface area contributed by atoms with E-state index in [9.17, 15) is 13.2 Å². The summed E-state index contributed by atoms with van der Waals surface area (Å²) in [5, 5.41) is 3.28. The van der Waals surface area contributed by atoms with Crippen LogP contribution in [0, 0.1) is 6.92 Å². The van der Waals surface area contributed by atoms with Gasteiger partial charge in [-0.15, -0.1) is 0 Å². The fourth-order valence-electron chi connectivity index (χ4n) is 4.15. The van der Waals surface area contributed by atoms with Gasteiger partial charge < -0.3 is 19.5 Å². The maximum absolute atomic E-state index is 13.6. The van der Waals surface area contributed by atoms with Crippen LogP contribution in [0.4, 0.5) is 5.69 Å². The van der Waals surface area contributed by atoms with E-state index in [1.54, 1.807) is 42.5 Å². The third-order valence-corrected chi connectivity index (χ3v) is 8.15. The molecule has 0 bridgehead atoms. The minimum Gasteiger partial charge on any atom is -0.486 e. The second-order valence-electron chi connectivity index (χ2n) is 8.70. The van der Waals surface area contributed by atoms with Crippen molar-refractivity contribution in [3.8, 4) is 17.2 Å². The van der Waals surface area contributed by atoms with Gasteiger partial charge in [-0.25, -0.2) is 8.42 Å². The smallest absolute Gasteiger partial charge is 0.264 e. The van der Waals surface area contributed by atoms with Crippen LogP contribution in [-0.4, -0.2) is 40.2 Å². The SMILES string of the molecule is Cc1ccc(S(=O)(=O)N2C[C@H](C(=O)N[C@@H](C)c3ccc4c(c3)OCCO4)Oc3ccc(Cl)cc32)cc1. The molecule has 0 spiro atoms. The summed E-state index contributed by atoms with van der Waals surface area (Å²) in [7, 11) is -3.98. The third kappa shape index (κ3) is 4.68. The predicted molar refractivity (Wildman–Crippen MR) is 136 cm³/mol. The van der Waals surface area contributed by atoms with Gasteiger partial charge in [-0.1, -0.05) is 35.4 Å². The van der Waals surface area contributed by atoms with Gasteiger partial charge in [0.15, 0.2) is 17.6 Å². The number of ether oxygens (including phenoxy) is 3. The minimum atomic E-state index is -3.98. The molecule has 2 heterocycles. The number of aryl methyl sites for hydroxylation is 1. The fraction of sp³-hybridized carbons (Fsp3) is 0.269. The number of sulfonamides is 1. The Hall–Kier alpha value is -3.43. The van der Waals surface area contributed by atoms with Gasteiger partial charge in [-0.2, -0.15) is 0 Å². The number of hydrogen-bond donors (Lipinski definition) is 1. The molecule has 2 aliphatic heterocycles. The van der Waals surface area contributed by atoms with Crippen LogP contribution < -0.4 is 23.8 Å². The summed E-state index contributed by atoms with van der Waals surface area (Å²) >= 11 is 6.17. The summed E-state index contributed by atoms with van der Waals surface area (Å²) in [6.07, 6.45) is -1.07. The fourth-order valence-corrected chi connectivity index (χ4v) is 5.78. The van der Waals surface area contributed by atoms with Gasteiger partial charge in [0.05, 0.1) is 23.2 Å². The summed E-state index contributed by atoms with van der Waals surface area (Å²) in [6.45, 7) is 4.46. The molecule has 0 saturated carbocycles. The van der Waals surface area contributed by atoms with Crippen molar-refractivity contribution in [2.24, 2.45) is 0 Å². The van der Waals surface area contributed by atoms with E-state index >= 15 is 0 Å². The molecular weight excluding hydrogens is 504 g/mol. The van der Waals surface area contributed by atoms with Crippen molar-refractivity contribution in [3.05, 3.63) is 76.8 Å². The van der Waals surface area contributed by atoms with E-state index in [-0.39, 0.29) is 28.9 Å². The molecule has 2 atom stereocenters. The average molecular weight is 529 g/mol. The number of anilines is 1. The zero-order valence-electron chi connectivity index (χ0n) is 19.7. The second kappa shape index (κ2) is 9.55. The van der Waals surface area contributed by atoms with Crippen LogP contribution in [0.1, 0.15) is 24.1 Å². The van der Waals surface area contributed by atoms with E-state index in [0.717, 1.165) is 11.1 Å². The van der Waals surface area contributed by atoms with Crippen molar-refractivity contribution in [3.63, 3.8) is 0 Å². The number of halogens is 1. The monoisotopic (exact) mass is 528 g/mol. The molecule has 0 radical (unpaired) electrons. The number of fused-ring (bicyclic) bond motifs is 2. The van der Waals surface area contributed by atoms with Crippen LogP contribution >= 0.6 is 11.6 Å². The van der Waals surface area contributed by atoms with Crippen LogP contribution in [0.3, 0.4) is 0 Å². The van der Waals surface area contributed by atoms with E-state index in [4.69, 9.17) is 25.8 Å². The minimum absolute atomic E-state index is 0.115. The van der Waals surface area contributed by atoms with Crippen LogP contribution in [-0.2, 0) is 14.8 Å². The summed E-state index contributed by atoms with van der Waals surface area (Å²) in [6, 6.07) is 16.3. The van der Waals surface area contributed by atoms with E-state index in [1.165, 1.54) is 10.4 Å². The second-order valence-corrected chi connectivity index (χ2v) is 11.0. The van der Waals surface area contributed by atoms with Gasteiger partial charge in [-0.3, -0.25) is 9.10 Å². The van der Waals surface area contributed by atoms with Crippen molar-refractivity contribution in [2.45, 2.75) is 30.9 Å². The molecular formula is C26H25ClN2O6S. The van der Waals surface area contributed by atoms with Crippen molar-refractivity contribution in [2.75, 3.05) is 24.1 Å². The van der Waals surface area contributed by atoms with Crippen LogP contribution in [0.15, 0.2) is 65.6 Å². The molecule has 0 fully saturated rings. The zero-order chi connectivity index (χ0) is 25.4. The lowest BCUT2D eigenvalue weighted by atomic mass is 10.1. The van der Waals surface area contributed by atoms with Crippen molar-refractivity contribution >= 4 is 33.2 Å². The quantitative estimate of drug-likeness (QED) is 0.532. The molecule has 0 unspecified atom stereocenters. The standard InChI is InChI=1S/C26H25ClN2O6S/c1-16-3-7-20(8-4-16)36(31,32)29-15-25(35-22-10-6-19(27)14-21(22)29)26(30)28-17(2)18-5-9-23-24(13-18)34-12-11-33-23/h3-10,13-14,17,25H,11-12,15H2,1-2H3,(H,28,30)/t17-,25+/m0/s1. The first-order chi connectivity index (χ1) is 17.2. The Bertz CT molecular complexity index is 1410. The molecule has 36 heavy (non-hydrogen) atoms. The van der Waals surface area contributed by atoms with Gasteiger partial charge in [0.25, 0.3) is 15.9 Å². The van der Waals surface area contributed by atoms with Crippen molar-refractivity contribution in [1.82, 2.24) is 5.32 Å². The lowest BCUT2D eigenvalue weighted by molar-refractivity contribution is -0.128. The number of carbonyl (C=O) groups is 1. The average Bonchev–Trinajstić information content (AvgIpc) is 2.87. The highest BCUT2D eigenvalue weighted by Crippen LogP contribution is 2.39. The molecule has 3 aromatic carbocycles. The molecule has 188 valence electrons. The lowest BCUT2D eigenvalue weighted by Gasteiger charge is -2.35. The molecule has 0 aliphatic carbocycles. The summed E-state index contributed by atoms with van der Waals surface area (Å²) in [5.41, 5.74) is 2.04. The largest absolute Gasteiger partial charge is 0.486 e. The summed E-state index contributed by atoms with van der Waals surface area (Å²) < 4.78 is 45.5. The number of benzene rings is 3. The maximum Gasteiger partial charge on any atom is 0.264 e. The molecule has 8 nitrogen and oxygen atoms in total. The van der Waals surface area contributed by atoms with Crippen LogP contribution in [0.25, 0.3) is 0 Å². The van der Waals surface area contributed by atoms with Crippen molar-refractivity contribution in [1.29, 1.82) is 0 Å². The van der Waals surface area contributed by atoms with E-state index in [2.05, 4.69) is 5.32 Å². The Morgan fingerprint density at radius 2 is 1.69 bits per heavy atom. The van der Waals surface area contributed by atoms with Gasteiger partial charge in [0.2, 0.25) is 0 Å². The molecule has 0 saturated heterocycles. The number of hydrogen-bond acceptors (Lipinski definition) is 6. The summed E-state index contributed by atoms with van der Waals surface area (Å²) in [5.74, 6) is 1.09. The third-order valence-electron chi connectivity index (χ3n) is 6.12. The number of carbonyl (C=O) groups excluding carboxylic acids is 1. The lowest BCUT2D eigenvalue weighted by Crippen LogP contribution is -2.51. The highest BCUT2D eigenvalue weighted by Gasteiger charge is 2.38. The highest BCUT2D eigenvalue weighted by atomic mass is 35.5. The van der Waals surface area contributed by atoms with Crippen LogP contribution in [0.5, 0.6) is 17.2 Å². The Morgan fingerprint density at radius 1 is 1.00 bits per heavy atom. The van der Waals surface area contributed by atoms with E-state index in [1.807, 2.05) is 26.0 Å². The number of nitrogens with zero attached hydrogens (tertiary/aromatic N) is 1. The molecule has 3 aromatic rings. The topological polar surface area (TPSA) is 94.2 Å². The highest BCUT2D eigenvalue weighted by molar-refractivity contribution is 7.92. The van der Waals surface area contributed by atoms with Gasteiger partial charge >= 0.3 is 0 Å². The summed E-state index contributed by atoms with van der Waals surface area (Å²) in [4.78, 5) is 13.4. The molecule has 5 rings (SSSR count). The van der Waals surface area contributed by atoms with Gasteiger partial charge in [0.1, 0.15) is 19.0 Å². The van der Waals surface area contributed by atoms with Crippen LogP contribution in [0.2, 0.25) is 5.02 Å². The van der Waals surface area contributed by atoms with E-state index < -0.39 is 22.0 Å². The predicted octanol–water partition coefficient (Wildman–Crippen LogP) is 4.25. The van der Waals surface area contributed by atoms with E-state index in [0.29, 0.717) is 29.7 Å². The maximum atomic E-state index is 13.6. The first kappa shape index (κ1) is 24.3. The molecule has 2 aliphatic rings.